The van der Waals surface area contributed by atoms with Gasteiger partial charge in [-0.05, 0) is 37.0 Å². The highest BCUT2D eigenvalue weighted by atomic mass is 79.9. The fourth-order valence-electron chi connectivity index (χ4n) is 3.08. The lowest BCUT2D eigenvalue weighted by atomic mass is 9.94. The highest BCUT2D eigenvalue weighted by Crippen LogP contribution is 2.35. The van der Waals surface area contributed by atoms with Crippen LogP contribution in [0.1, 0.15) is 26.2 Å². The van der Waals surface area contributed by atoms with E-state index in [-0.39, 0.29) is 0 Å². The molecule has 1 saturated heterocycles. The maximum absolute atomic E-state index is 6.22. The number of aromatic nitrogens is 1. The van der Waals surface area contributed by atoms with E-state index in [0.717, 1.165) is 45.8 Å². The van der Waals surface area contributed by atoms with Gasteiger partial charge in [0.05, 0.1) is 23.1 Å². The molecule has 0 saturated carbocycles. The number of hydrogen-bond acceptors (Lipinski definition) is 3. The van der Waals surface area contributed by atoms with Crippen molar-refractivity contribution in [1.29, 1.82) is 0 Å². The third-order valence-electron chi connectivity index (χ3n) is 4.34. The maximum atomic E-state index is 6.22. The number of rotatable bonds is 2. The molecule has 3 rings (SSSR count). The Labute approximate surface area is 128 Å². The van der Waals surface area contributed by atoms with Crippen LogP contribution in [0, 0.1) is 5.92 Å². The number of nitrogen functional groups attached to an aromatic ring is 1. The Kier molecular flexibility index (Phi) is 3.83. The van der Waals surface area contributed by atoms with Gasteiger partial charge in [0.1, 0.15) is 0 Å². The first-order chi connectivity index (χ1) is 9.69. The van der Waals surface area contributed by atoms with Crippen LogP contribution in [-0.4, -0.2) is 18.1 Å². The van der Waals surface area contributed by atoms with Gasteiger partial charge < -0.3 is 10.6 Å². The van der Waals surface area contributed by atoms with Crippen LogP contribution in [0.2, 0.25) is 0 Å². The minimum absolute atomic E-state index is 0.783. The topological polar surface area (TPSA) is 42.1 Å². The fourth-order valence-corrected chi connectivity index (χ4v) is 3.45. The van der Waals surface area contributed by atoms with E-state index in [1.54, 1.807) is 6.20 Å². The molecule has 20 heavy (non-hydrogen) atoms. The molecule has 0 bridgehead atoms. The summed E-state index contributed by atoms with van der Waals surface area (Å²) in [6, 6.07) is 6.19. The first-order valence-corrected chi connectivity index (χ1v) is 8.07. The molecule has 2 heterocycles. The number of piperidine rings is 1. The number of anilines is 2. The summed E-state index contributed by atoms with van der Waals surface area (Å²) in [6.45, 7) is 4.47. The minimum atomic E-state index is 0.783. The summed E-state index contributed by atoms with van der Waals surface area (Å²) in [4.78, 5) is 6.86. The van der Waals surface area contributed by atoms with Gasteiger partial charge in [-0.25, -0.2) is 0 Å². The van der Waals surface area contributed by atoms with E-state index in [1.165, 1.54) is 19.3 Å². The zero-order valence-electron chi connectivity index (χ0n) is 11.8. The molecule has 106 valence electrons. The van der Waals surface area contributed by atoms with Gasteiger partial charge >= 0.3 is 0 Å². The molecule has 2 N–H and O–H groups in total. The molecule has 0 radical (unpaired) electrons. The average Bonchev–Trinajstić information content (AvgIpc) is 2.47. The molecule has 1 aliphatic heterocycles. The van der Waals surface area contributed by atoms with Crippen LogP contribution in [0.3, 0.4) is 0 Å². The molecular weight excluding hydrogens is 314 g/mol. The average molecular weight is 334 g/mol. The first-order valence-electron chi connectivity index (χ1n) is 7.27. The number of fused-ring (bicyclic) bond motifs is 1. The van der Waals surface area contributed by atoms with Gasteiger partial charge in [0.15, 0.2) is 0 Å². The molecule has 0 atom stereocenters. The van der Waals surface area contributed by atoms with Crippen LogP contribution in [-0.2, 0) is 0 Å². The van der Waals surface area contributed by atoms with E-state index >= 15 is 0 Å². The van der Waals surface area contributed by atoms with Crippen molar-refractivity contribution < 1.29 is 0 Å². The maximum Gasteiger partial charge on any atom is 0.0745 e. The summed E-state index contributed by atoms with van der Waals surface area (Å²) < 4.78 is 1.07. The van der Waals surface area contributed by atoms with Gasteiger partial charge in [-0.3, -0.25) is 4.98 Å². The summed E-state index contributed by atoms with van der Waals surface area (Å²) >= 11 is 3.55. The van der Waals surface area contributed by atoms with Crippen molar-refractivity contribution in [2.45, 2.75) is 26.2 Å². The third-order valence-corrected chi connectivity index (χ3v) is 4.83. The molecule has 0 aliphatic carbocycles. The van der Waals surface area contributed by atoms with E-state index < -0.39 is 0 Å². The van der Waals surface area contributed by atoms with Crippen molar-refractivity contribution in [1.82, 2.24) is 4.98 Å². The molecular formula is C16H20BrN3. The molecule has 1 aromatic heterocycles. The van der Waals surface area contributed by atoms with Crippen LogP contribution >= 0.6 is 15.9 Å². The molecule has 4 heteroatoms. The zero-order chi connectivity index (χ0) is 14.1. The van der Waals surface area contributed by atoms with Crippen molar-refractivity contribution in [2.24, 2.45) is 5.92 Å². The molecule has 0 spiro atoms. The Hall–Kier alpha value is -1.29. The smallest absolute Gasteiger partial charge is 0.0745 e. The number of nitrogens with zero attached hydrogens (tertiary/aromatic N) is 2. The molecule has 2 aromatic rings. The summed E-state index contributed by atoms with van der Waals surface area (Å²) in [5.74, 6) is 0.868. The van der Waals surface area contributed by atoms with Gasteiger partial charge in [0, 0.05) is 22.9 Å². The van der Waals surface area contributed by atoms with E-state index in [0.29, 0.717) is 0 Å². The van der Waals surface area contributed by atoms with Crippen molar-refractivity contribution >= 4 is 38.2 Å². The normalized spacial score (nSPS) is 16.8. The Balaban J connectivity index is 2.02. The lowest BCUT2D eigenvalue weighted by Gasteiger charge is -2.34. The van der Waals surface area contributed by atoms with Crippen molar-refractivity contribution in [3.63, 3.8) is 0 Å². The molecule has 1 fully saturated rings. The Morgan fingerprint density at radius 1 is 1.35 bits per heavy atom. The standard InChI is InChI=1S/C16H20BrN3/c1-2-11-5-7-20(8-6-11)16-13-9-12(17)3-4-15(13)19-10-14(16)18/h3-4,9-11H,2,5-8,18H2,1H3. The number of pyridine rings is 1. The van der Waals surface area contributed by atoms with Gasteiger partial charge in [0.25, 0.3) is 0 Å². The zero-order valence-corrected chi connectivity index (χ0v) is 13.4. The predicted octanol–water partition coefficient (Wildman–Crippen LogP) is 4.21. The fraction of sp³-hybridized carbons (Fsp3) is 0.438. The number of halogens is 1. The molecule has 1 aliphatic rings. The Bertz CT molecular complexity index is 613. The number of hydrogen-bond donors (Lipinski definition) is 1. The second kappa shape index (κ2) is 5.60. The van der Waals surface area contributed by atoms with Crippen LogP contribution in [0.4, 0.5) is 11.4 Å². The SMILES string of the molecule is CCC1CCN(c2c(N)cnc3ccc(Br)cc23)CC1. The Morgan fingerprint density at radius 3 is 2.80 bits per heavy atom. The first kappa shape index (κ1) is 13.7. The lowest BCUT2D eigenvalue weighted by Crippen LogP contribution is -2.34. The molecule has 3 nitrogen and oxygen atoms in total. The van der Waals surface area contributed by atoms with Crippen LogP contribution in [0.15, 0.2) is 28.9 Å². The van der Waals surface area contributed by atoms with Gasteiger partial charge in [-0.15, -0.1) is 0 Å². The van der Waals surface area contributed by atoms with Gasteiger partial charge in [0.2, 0.25) is 0 Å². The summed E-state index contributed by atoms with van der Waals surface area (Å²) in [6.07, 6.45) is 5.59. The van der Waals surface area contributed by atoms with Crippen molar-refractivity contribution in [3.05, 3.63) is 28.9 Å². The van der Waals surface area contributed by atoms with E-state index in [2.05, 4.69) is 38.8 Å². The van der Waals surface area contributed by atoms with E-state index in [4.69, 9.17) is 5.73 Å². The third kappa shape index (κ3) is 2.49. The van der Waals surface area contributed by atoms with E-state index in [1.807, 2.05) is 12.1 Å². The second-order valence-corrected chi connectivity index (χ2v) is 6.48. The molecule has 1 aromatic carbocycles. The number of benzene rings is 1. The molecule has 0 unspecified atom stereocenters. The quantitative estimate of drug-likeness (QED) is 0.895. The van der Waals surface area contributed by atoms with Crippen LogP contribution in [0.5, 0.6) is 0 Å². The summed E-state index contributed by atoms with van der Waals surface area (Å²) in [5.41, 5.74) is 9.17. The second-order valence-electron chi connectivity index (χ2n) is 5.56. The summed E-state index contributed by atoms with van der Waals surface area (Å²) in [5, 5.41) is 1.15. The number of nitrogens with two attached hydrogens (primary N) is 1. The van der Waals surface area contributed by atoms with Gasteiger partial charge in [-0.2, -0.15) is 0 Å². The lowest BCUT2D eigenvalue weighted by molar-refractivity contribution is 0.395. The van der Waals surface area contributed by atoms with E-state index in [9.17, 15) is 0 Å². The molecule has 0 amide bonds. The largest absolute Gasteiger partial charge is 0.396 e. The Morgan fingerprint density at radius 2 is 2.10 bits per heavy atom. The predicted molar refractivity (Wildman–Crippen MR) is 89.1 cm³/mol. The highest BCUT2D eigenvalue weighted by Gasteiger charge is 2.21. The van der Waals surface area contributed by atoms with Crippen LogP contribution < -0.4 is 10.6 Å². The van der Waals surface area contributed by atoms with Crippen molar-refractivity contribution in [2.75, 3.05) is 23.7 Å². The van der Waals surface area contributed by atoms with Crippen molar-refractivity contribution in [3.8, 4) is 0 Å². The van der Waals surface area contributed by atoms with Crippen LogP contribution in [0.25, 0.3) is 10.9 Å². The summed E-state index contributed by atoms with van der Waals surface area (Å²) in [7, 11) is 0. The monoisotopic (exact) mass is 333 g/mol. The van der Waals surface area contributed by atoms with Gasteiger partial charge in [-0.1, -0.05) is 29.3 Å². The highest BCUT2D eigenvalue weighted by molar-refractivity contribution is 9.10. The minimum Gasteiger partial charge on any atom is -0.396 e.